The maximum atomic E-state index is 12.0. The third-order valence-corrected chi connectivity index (χ3v) is 3.35. The molecule has 0 unspecified atom stereocenters. The van der Waals surface area contributed by atoms with Crippen molar-refractivity contribution in [3.8, 4) is 0 Å². The van der Waals surface area contributed by atoms with Crippen molar-refractivity contribution < 1.29 is 9.21 Å². The number of hydrogen-bond donors (Lipinski definition) is 0. The van der Waals surface area contributed by atoms with Crippen LogP contribution in [-0.2, 0) is 0 Å². The maximum Gasteiger partial charge on any atom is 0.270 e. The van der Waals surface area contributed by atoms with Crippen molar-refractivity contribution in [1.29, 1.82) is 0 Å². The molecule has 0 aliphatic heterocycles. The molecule has 3 aromatic rings. The van der Waals surface area contributed by atoms with Crippen molar-refractivity contribution in [2.75, 3.05) is 0 Å². The average Bonchev–Trinajstić information content (AvgIpc) is 2.96. The number of carbonyl (C=O) groups excluding carboxylic acids is 1. The Kier molecular flexibility index (Phi) is 2.30. The Morgan fingerprint density at radius 1 is 1.35 bits per heavy atom. The molecule has 2 heterocycles. The molecule has 0 fully saturated rings. The number of hydrogen-bond acceptors (Lipinski definition) is 4. The number of aryl methyl sites for hydroxylation is 1. The molecule has 0 spiro atoms. The number of oxazole rings is 1. The van der Waals surface area contributed by atoms with Crippen LogP contribution < -0.4 is 0 Å². The number of thiophene rings is 1. The minimum atomic E-state index is -0.158. The van der Waals surface area contributed by atoms with E-state index in [1.54, 1.807) is 6.07 Å². The topological polar surface area (TPSA) is 43.1 Å². The summed E-state index contributed by atoms with van der Waals surface area (Å²) in [6, 6.07) is 9.29. The van der Waals surface area contributed by atoms with Crippen molar-refractivity contribution in [1.82, 2.24) is 4.98 Å². The molecule has 0 saturated carbocycles. The Labute approximate surface area is 102 Å². The summed E-state index contributed by atoms with van der Waals surface area (Å²) in [4.78, 5) is 16.9. The summed E-state index contributed by atoms with van der Waals surface area (Å²) in [6.07, 6.45) is 0. The SMILES string of the molecule is Cc1ccc2oc(C(=O)c3cccs3)nc2c1. The predicted molar refractivity (Wildman–Crippen MR) is 66.5 cm³/mol. The van der Waals surface area contributed by atoms with Crippen LogP contribution in [0.1, 0.15) is 21.1 Å². The lowest BCUT2D eigenvalue weighted by Gasteiger charge is -1.88. The van der Waals surface area contributed by atoms with Crippen LogP contribution in [0.5, 0.6) is 0 Å². The monoisotopic (exact) mass is 243 g/mol. The Morgan fingerprint density at radius 2 is 2.24 bits per heavy atom. The van der Waals surface area contributed by atoms with Crippen molar-refractivity contribution in [2.24, 2.45) is 0 Å². The van der Waals surface area contributed by atoms with E-state index in [0.29, 0.717) is 10.5 Å². The van der Waals surface area contributed by atoms with Crippen molar-refractivity contribution >= 4 is 28.2 Å². The smallest absolute Gasteiger partial charge is 0.270 e. The highest BCUT2D eigenvalue weighted by Gasteiger charge is 2.17. The lowest BCUT2D eigenvalue weighted by Crippen LogP contribution is -1.97. The zero-order chi connectivity index (χ0) is 11.8. The van der Waals surface area contributed by atoms with Gasteiger partial charge in [-0.05, 0) is 36.1 Å². The summed E-state index contributed by atoms with van der Waals surface area (Å²) in [5.74, 6) is 0.00176. The molecule has 4 heteroatoms. The highest BCUT2D eigenvalue weighted by Crippen LogP contribution is 2.20. The number of carbonyl (C=O) groups is 1. The molecule has 0 bridgehead atoms. The number of nitrogens with zero attached hydrogens (tertiary/aromatic N) is 1. The number of fused-ring (bicyclic) bond motifs is 1. The minimum absolute atomic E-state index is 0.158. The van der Waals surface area contributed by atoms with E-state index in [4.69, 9.17) is 4.42 Å². The van der Waals surface area contributed by atoms with Crippen LogP contribution in [0.2, 0.25) is 0 Å². The highest BCUT2D eigenvalue weighted by atomic mass is 32.1. The second-order valence-corrected chi connectivity index (χ2v) is 4.74. The molecule has 0 aliphatic rings. The second kappa shape index (κ2) is 3.82. The van der Waals surface area contributed by atoms with Crippen LogP contribution >= 0.6 is 11.3 Å². The molecular weight excluding hydrogens is 234 g/mol. The fourth-order valence-corrected chi connectivity index (χ4v) is 2.30. The summed E-state index contributed by atoms with van der Waals surface area (Å²) in [5, 5.41) is 1.86. The first kappa shape index (κ1) is 10.2. The van der Waals surface area contributed by atoms with Crippen LogP contribution in [0.15, 0.2) is 40.1 Å². The summed E-state index contributed by atoms with van der Waals surface area (Å²) >= 11 is 1.39. The first-order chi connectivity index (χ1) is 8.24. The van der Waals surface area contributed by atoms with E-state index in [1.165, 1.54) is 11.3 Å². The van der Waals surface area contributed by atoms with Crippen LogP contribution in [0, 0.1) is 6.92 Å². The molecule has 84 valence electrons. The Hall–Kier alpha value is -1.94. The molecule has 17 heavy (non-hydrogen) atoms. The average molecular weight is 243 g/mol. The zero-order valence-electron chi connectivity index (χ0n) is 9.14. The zero-order valence-corrected chi connectivity index (χ0v) is 9.95. The van der Waals surface area contributed by atoms with Gasteiger partial charge in [-0.25, -0.2) is 4.98 Å². The van der Waals surface area contributed by atoms with Gasteiger partial charge >= 0.3 is 0 Å². The van der Waals surface area contributed by atoms with Gasteiger partial charge in [-0.1, -0.05) is 12.1 Å². The van der Waals surface area contributed by atoms with E-state index >= 15 is 0 Å². The first-order valence-corrected chi connectivity index (χ1v) is 6.07. The second-order valence-electron chi connectivity index (χ2n) is 3.80. The van der Waals surface area contributed by atoms with Gasteiger partial charge in [0.15, 0.2) is 5.58 Å². The summed E-state index contributed by atoms with van der Waals surface area (Å²) in [5.41, 5.74) is 2.47. The molecule has 0 radical (unpaired) electrons. The van der Waals surface area contributed by atoms with Gasteiger partial charge < -0.3 is 4.42 Å². The fourth-order valence-electron chi connectivity index (χ4n) is 1.65. The number of aromatic nitrogens is 1. The van der Waals surface area contributed by atoms with Gasteiger partial charge in [-0.2, -0.15) is 0 Å². The van der Waals surface area contributed by atoms with E-state index in [9.17, 15) is 4.79 Å². The van der Waals surface area contributed by atoms with E-state index in [-0.39, 0.29) is 11.7 Å². The van der Waals surface area contributed by atoms with Crippen LogP contribution in [0.4, 0.5) is 0 Å². The van der Waals surface area contributed by atoms with Gasteiger partial charge in [0.1, 0.15) is 5.52 Å². The van der Waals surface area contributed by atoms with Crippen molar-refractivity contribution in [3.63, 3.8) is 0 Å². The van der Waals surface area contributed by atoms with Gasteiger partial charge in [0.2, 0.25) is 0 Å². The molecule has 0 saturated heterocycles. The fraction of sp³-hybridized carbons (Fsp3) is 0.0769. The van der Waals surface area contributed by atoms with Crippen molar-refractivity contribution in [3.05, 3.63) is 52.0 Å². The summed E-state index contributed by atoms with van der Waals surface area (Å²) in [6.45, 7) is 1.98. The van der Waals surface area contributed by atoms with Gasteiger partial charge in [-0.15, -0.1) is 11.3 Å². The summed E-state index contributed by atoms with van der Waals surface area (Å²) in [7, 11) is 0. The molecule has 1 aromatic carbocycles. The lowest BCUT2D eigenvalue weighted by molar-refractivity contribution is 0.101. The van der Waals surface area contributed by atoms with Gasteiger partial charge in [0.25, 0.3) is 11.7 Å². The van der Waals surface area contributed by atoms with Crippen LogP contribution in [0.3, 0.4) is 0 Å². The normalized spacial score (nSPS) is 10.9. The Morgan fingerprint density at radius 3 is 3.00 bits per heavy atom. The Bertz CT molecular complexity index is 683. The van der Waals surface area contributed by atoms with Crippen molar-refractivity contribution in [2.45, 2.75) is 6.92 Å². The number of benzene rings is 1. The Balaban J connectivity index is 2.09. The minimum Gasteiger partial charge on any atom is -0.433 e. The summed E-state index contributed by atoms with van der Waals surface area (Å²) < 4.78 is 5.45. The maximum absolute atomic E-state index is 12.0. The third kappa shape index (κ3) is 1.76. The lowest BCUT2D eigenvalue weighted by atomic mass is 10.2. The molecular formula is C13H9NO2S. The molecule has 0 atom stereocenters. The molecule has 3 nitrogen and oxygen atoms in total. The molecule has 3 rings (SSSR count). The van der Waals surface area contributed by atoms with E-state index in [2.05, 4.69) is 4.98 Å². The van der Waals surface area contributed by atoms with E-state index < -0.39 is 0 Å². The standard InChI is InChI=1S/C13H9NO2S/c1-8-4-5-10-9(7-8)14-13(16-10)12(15)11-3-2-6-17-11/h2-7H,1H3. The predicted octanol–water partition coefficient (Wildman–Crippen LogP) is 3.43. The van der Waals surface area contributed by atoms with Crippen LogP contribution in [0.25, 0.3) is 11.1 Å². The highest BCUT2D eigenvalue weighted by molar-refractivity contribution is 7.12. The molecule has 0 aliphatic carbocycles. The van der Waals surface area contributed by atoms with Crippen LogP contribution in [-0.4, -0.2) is 10.8 Å². The van der Waals surface area contributed by atoms with Gasteiger partial charge in [0.05, 0.1) is 4.88 Å². The number of rotatable bonds is 2. The quantitative estimate of drug-likeness (QED) is 0.647. The molecule has 0 amide bonds. The molecule has 0 N–H and O–H groups in total. The van der Waals surface area contributed by atoms with E-state index in [1.807, 2.05) is 36.6 Å². The largest absolute Gasteiger partial charge is 0.433 e. The van der Waals surface area contributed by atoms with Gasteiger partial charge in [-0.3, -0.25) is 4.79 Å². The van der Waals surface area contributed by atoms with Gasteiger partial charge in [0, 0.05) is 0 Å². The molecule has 2 aromatic heterocycles. The van der Waals surface area contributed by atoms with E-state index in [0.717, 1.165) is 11.1 Å². The first-order valence-electron chi connectivity index (χ1n) is 5.19. The number of ketones is 1. The third-order valence-electron chi connectivity index (χ3n) is 2.48.